The standard InChI is InChI=1S/C19H29N3OS/c23-19(12-14-10-15-5-6-16(11-14)21-15)20-13-17(18-4-3-9-24-18)22-7-1-2-8-22/h3-4,9,14-17,21H,1-2,5-8,10-13H2,(H,20,23). The number of fused-ring (bicyclic) bond motifs is 2. The lowest BCUT2D eigenvalue weighted by Crippen LogP contribution is -2.41. The molecule has 3 fully saturated rings. The summed E-state index contributed by atoms with van der Waals surface area (Å²) in [6.45, 7) is 3.09. The summed E-state index contributed by atoms with van der Waals surface area (Å²) in [5.74, 6) is 0.831. The fourth-order valence-corrected chi connectivity index (χ4v) is 5.69. The molecular formula is C19H29N3OS. The van der Waals surface area contributed by atoms with Crippen LogP contribution >= 0.6 is 11.3 Å². The van der Waals surface area contributed by atoms with Crippen LogP contribution in [0.2, 0.25) is 0 Å². The Morgan fingerprint density at radius 3 is 2.71 bits per heavy atom. The van der Waals surface area contributed by atoms with Gasteiger partial charge in [-0.25, -0.2) is 0 Å². The minimum atomic E-state index is 0.252. The molecule has 3 saturated heterocycles. The number of carbonyl (C=O) groups is 1. The molecule has 2 bridgehead atoms. The summed E-state index contributed by atoms with van der Waals surface area (Å²) in [5, 5.41) is 9.06. The van der Waals surface area contributed by atoms with Gasteiger partial charge in [0, 0.05) is 29.9 Å². The molecule has 3 atom stereocenters. The third kappa shape index (κ3) is 3.84. The summed E-state index contributed by atoms with van der Waals surface area (Å²) in [4.78, 5) is 16.4. The van der Waals surface area contributed by atoms with Crippen LogP contribution in [0.5, 0.6) is 0 Å². The van der Waals surface area contributed by atoms with E-state index < -0.39 is 0 Å². The normalized spacial score (nSPS) is 31.2. The Labute approximate surface area is 149 Å². The van der Waals surface area contributed by atoms with E-state index in [2.05, 4.69) is 33.0 Å². The molecule has 3 unspecified atom stereocenters. The molecule has 24 heavy (non-hydrogen) atoms. The molecule has 0 aliphatic carbocycles. The van der Waals surface area contributed by atoms with Crippen molar-refractivity contribution in [2.45, 2.75) is 63.1 Å². The highest BCUT2D eigenvalue weighted by Crippen LogP contribution is 2.33. The van der Waals surface area contributed by atoms with Crippen LogP contribution in [-0.4, -0.2) is 42.5 Å². The van der Waals surface area contributed by atoms with Crippen molar-refractivity contribution in [3.05, 3.63) is 22.4 Å². The number of nitrogens with zero attached hydrogens (tertiary/aromatic N) is 1. The molecule has 0 radical (unpaired) electrons. The maximum absolute atomic E-state index is 12.5. The van der Waals surface area contributed by atoms with E-state index >= 15 is 0 Å². The molecule has 0 aromatic carbocycles. The SMILES string of the molecule is O=C(CC1CC2CCC(C1)N2)NCC(c1cccs1)N1CCCC1. The van der Waals surface area contributed by atoms with Crippen LogP contribution in [0.1, 0.15) is 55.9 Å². The molecule has 0 saturated carbocycles. The predicted octanol–water partition coefficient (Wildman–Crippen LogP) is 2.92. The molecule has 132 valence electrons. The highest BCUT2D eigenvalue weighted by atomic mass is 32.1. The van der Waals surface area contributed by atoms with Crippen molar-refractivity contribution in [3.8, 4) is 0 Å². The van der Waals surface area contributed by atoms with Gasteiger partial charge in [0.25, 0.3) is 0 Å². The van der Waals surface area contributed by atoms with Gasteiger partial charge < -0.3 is 10.6 Å². The molecule has 3 aliphatic heterocycles. The number of hydrogen-bond donors (Lipinski definition) is 2. The summed E-state index contributed by atoms with van der Waals surface area (Å²) in [6, 6.07) is 6.04. The summed E-state index contributed by atoms with van der Waals surface area (Å²) < 4.78 is 0. The smallest absolute Gasteiger partial charge is 0.220 e. The largest absolute Gasteiger partial charge is 0.354 e. The fraction of sp³-hybridized carbons (Fsp3) is 0.737. The van der Waals surface area contributed by atoms with Gasteiger partial charge in [-0.05, 0) is 69.0 Å². The monoisotopic (exact) mass is 347 g/mol. The van der Waals surface area contributed by atoms with E-state index in [1.807, 2.05) is 11.3 Å². The van der Waals surface area contributed by atoms with E-state index in [9.17, 15) is 4.79 Å². The van der Waals surface area contributed by atoms with Gasteiger partial charge in [0.05, 0.1) is 6.04 Å². The van der Waals surface area contributed by atoms with Gasteiger partial charge >= 0.3 is 0 Å². The van der Waals surface area contributed by atoms with Crippen molar-refractivity contribution in [3.63, 3.8) is 0 Å². The number of thiophene rings is 1. The zero-order valence-corrected chi connectivity index (χ0v) is 15.2. The number of hydrogen-bond acceptors (Lipinski definition) is 4. The van der Waals surface area contributed by atoms with E-state index in [-0.39, 0.29) is 5.91 Å². The quantitative estimate of drug-likeness (QED) is 0.832. The molecule has 1 aromatic heterocycles. The van der Waals surface area contributed by atoms with Gasteiger partial charge in [-0.2, -0.15) is 0 Å². The lowest BCUT2D eigenvalue weighted by molar-refractivity contribution is -0.122. The van der Waals surface area contributed by atoms with Crippen molar-refractivity contribution < 1.29 is 4.79 Å². The number of rotatable bonds is 6. The molecule has 4 nitrogen and oxygen atoms in total. The number of piperidine rings is 1. The van der Waals surface area contributed by atoms with Crippen molar-refractivity contribution in [1.82, 2.24) is 15.5 Å². The van der Waals surface area contributed by atoms with E-state index in [1.165, 1.54) is 43.4 Å². The van der Waals surface area contributed by atoms with Crippen molar-refractivity contribution in [1.29, 1.82) is 0 Å². The third-order valence-corrected chi connectivity index (χ3v) is 6.96. The summed E-state index contributed by atoms with van der Waals surface area (Å²) >= 11 is 1.81. The van der Waals surface area contributed by atoms with Gasteiger partial charge in [-0.1, -0.05) is 6.07 Å². The Balaban J connectivity index is 1.29. The van der Waals surface area contributed by atoms with Crippen molar-refractivity contribution in [2.24, 2.45) is 5.92 Å². The topological polar surface area (TPSA) is 44.4 Å². The molecule has 2 N–H and O–H groups in total. The molecule has 0 spiro atoms. The Kier molecular flexibility index (Phi) is 5.20. The summed E-state index contributed by atoms with van der Waals surface area (Å²) in [7, 11) is 0. The van der Waals surface area contributed by atoms with Gasteiger partial charge in [0.1, 0.15) is 0 Å². The minimum Gasteiger partial charge on any atom is -0.354 e. The molecule has 3 aliphatic rings. The number of likely N-dealkylation sites (tertiary alicyclic amines) is 1. The predicted molar refractivity (Wildman–Crippen MR) is 98.2 cm³/mol. The molecule has 4 heterocycles. The first kappa shape index (κ1) is 16.6. The van der Waals surface area contributed by atoms with Crippen molar-refractivity contribution in [2.75, 3.05) is 19.6 Å². The van der Waals surface area contributed by atoms with Crippen LogP contribution < -0.4 is 10.6 Å². The second-order valence-corrected chi connectivity index (χ2v) is 8.74. The number of amides is 1. The van der Waals surface area contributed by atoms with Gasteiger partial charge in [0.15, 0.2) is 0 Å². The fourth-order valence-electron chi connectivity index (χ4n) is 4.83. The summed E-state index contributed by atoms with van der Waals surface area (Å²) in [5.41, 5.74) is 0. The van der Waals surface area contributed by atoms with Crippen molar-refractivity contribution >= 4 is 17.2 Å². The lowest BCUT2D eigenvalue weighted by atomic mass is 9.89. The first-order chi connectivity index (χ1) is 11.8. The van der Waals surface area contributed by atoms with Crippen LogP contribution in [0.15, 0.2) is 17.5 Å². The average Bonchev–Trinajstić information content (AvgIpc) is 3.31. The first-order valence-corrected chi connectivity index (χ1v) is 10.5. The Morgan fingerprint density at radius 2 is 2.04 bits per heavy atom. The average molecular weight is 348 g/mol. The van der Waals surface area contributed by atoms with Crippen LogP contribution in [0.25, 0.3) is 0 Å². The Bertz CT molecular complexity index is 529. The Morgan fingerprint density at radius 1 is 1.29 bits per heavy atom. The number of nitrogens with one attached hydrogen (secondary N) is 2. The van der Waals surface area contributed by atoms with E-state index in [0.717, 1.165) is 19.6 Å². The van der Waals surface area contributed by atoms with E-state index in [1.54, 1.807) is 0 Å². The number of carbonyl (C=O) groups excluding carboxylic acids is 1. The van der Waals surface area contributed by atoms with Gasteiger partial charge in [-0.3, -0.25) is 9.69 Å². The third-order valence-electron chi connectivity index (χ3n) is 5.99. The van der Waals surface area contributed by atoms with Crippen LogP contribution in [0.4, 0.5) is 0 Å². The van der Waals surface area contributed by atoms with Gasteiger partial charge in [0.2, 0.25) is 5.91 Å². The highest BCUT2D eigenvalue weighted by molar-refractivity contribution is 7.10. The first-order valence-electron chi connectivity index (χ1n) is 9.58. The second-order valence-electron chi connectivity index (χ2n) is 7.76. The lowest BCUT2D eigenvalue weighted by Gasteiger charge is -2.30. The zero-order chi connectivity index (χ0) is 16.4. The maximum atomic E-state index is 12.5. The van der Waals surface area contributed by atoms with Crippen LogP contribution in [0.3, 0.4) is 0 Å². The maximum Gasteiger partial charge on any atom is 0.220 e. The molecule has 1 amide bonds. The second kappa shape index (κ2) is 7.54. The minimum absolute atomic E-state index is 0.252. The van der Waals surface area contributed by atoms with E-state index in [0.29, 0.717) is 30.5 Å². The van der Waals surface area contributed by atoms with Gasteiger partial charge in [-0.15, -0.1) is 11.3 Å². The molecular weight excluding hydrogens is 318 g/mol. The van der Waals surface area contributed by atoms with Crippen LogP contribution in [-0.2, 0) is 4.79 Å². The summed E-state index contributed by atoms with van der Waals surface area (Å²) in [6.07, 6.45) is 8.26. The van der Waals surface area contributed by atoms with Crippen LogP contribution in [0, 0.1) is 5.92 Å². The molecule has 5 heteroatoms. The molecule has 1 aromatic rings. The highest BCUT2D eigenvalue weighted by Gasteiger charge is 2.34. The van der Waals surface area contributed by atoms with E-state index in [4.69, 9.17) is 0 Å². The Hall–Kier alpha value is -0.910. The zero-order valence-electron chi connectivity index (χ0n) is 14.4. The molecule has 4 rings (SSSR count).